The number of aromatic nitrogens is 2. The van der Waals surface area contributed by atoms with E-state index in [1.165, 1.54) is 0 Å². The monoisotopic (exact) mass is 397 g/mol. The van der Waals surface area contributed by atoms with Crippen molar-refractivity contribution in [1.82, 2.24) is 25.3 Å². The van der Waals surface area contributed by atoms with Crippen LogP contribution >= 0.6 is 0 Å². The molecule has 4 rings (SSSR count). The Hall–Kier alpha value is -2.90. The van der Waals surface area contributed by atoms with Crippen LogP contribution in [0, 0.1) is 6.92 Å². The normalized spacial score (nSPS) is 20.5. The quantitative estimate of drug-likeness (QED) is 0.860. The van der Waals surface area contributed by atoms with Crippen molar-refractivity contribution in [2.75, 3.05) is 19.6 Å². The number of aryl methyl sites for hydroxylation is 1. The van der Waals surface area contributed by atoms with Crippen LogP contribution in [-0.4, -0.2) is 57.6 Å². The standard InChI is InChI=1S/C21H27N5O3/c1-15-22-19(29-24-15)18-14-25(21(28)23-17-10-5-6-11-17)12-7-13-26(18)20(27)16-8-3-2-4-9-16/h2-4,8-9,17-18H,5-7,10-14H2,1H3,(H,23,28). The first-order valence-corrected chi connectivity index (χ1v) is 10.3. The van der Waals surface area contributed by atoms with Crippen LogP contribution in [0.5, 0.6) is 0 Å². The molecule has 1 aliphatic heterocycles. The number of carbonyl (C=O) groups is 2. The molecule has 0 radical (unpaired) electrons. The van der Waals surface area contributed by atoms with Gasteiger partial charge in [-0.15, -0.1) is 0 Å². The van der Waals surface area contributed by atoms with Crippen LogP contribution in [0.15, 0.2) is 34.9 Å². The molecule has 2 fully saturated rings. The van der Waals surface area contributed by atoms with E-state index in [1.54, 1.807) is 28.9 Å². The first-order chi connectivity index (χ1) is 14.1. The van der Waals surface area contributed by atoms with Crippen LogP contribution in [0.2, 0.25) is 0 Å². The van der Waals surface area contributed by atoms with E-state index < -0.39 is 6.04 Å². The minimum atomic E-state index is -0.472. The van der Waals surface area contributed by atoms with Crippen molar-refractivity contribution < 1.29 is 14.1 Å². The van der Waals surface area contributed by atoms with Crippen molar-refractivity contribution in [3.05, 3.63) is 47.6 Å². The molecule has 154 valence electrons. The molecule has 1 aliphatic carbocycles. The summed E-state index contributed by atoms with van der Waals surface area (Å²) in [5.74, 6) is 0.787. The molecule has 1 unspecified atom stereocenters. The lowest BCUT2D eigenvalue weighted by atomic mass is 10.1. The van der Waals surface area contributed by atoms with Gasteiger partial charge in [-0.3, -0.25) is 4.79 Å². The maximum Gasteiger partial charge on any atom is 0.317 e. The van der Waals surface area contributed by atoms with Gasteiger partial charge in [0, 0.05) is 24.7 Å². The molecule has 1 saturated heterocycles. The van der Waals surface area contributed by atoms with E-state index in [4.69, 9.17) is 4.52 Å². The molecule has 1 saturated carbocycles. The van der Waals surface area contributed by atoms with Crippen molar-refractivity contribution in [3.8, 4) is 0 Å². The molecule has 1 atom stereocenters. The molecular weight excluding hydrogens is 370 g/mol. The van der Waals surface area contributed by atoms with E-state index in [-0.39, 0.29) is 18.0 Å². The predicted molar refractivity (Wildman–Crippen MR) is 106 cm³/mol. The molecule has 8 heteroatoms. The second-order valence-corrected chi connectivity index (χ2v) is 7.79. The fourth-order valence-corrected chi connectivity index (χ4v) is 4.16. The maximum absolute atomic E-state index is 13.2. The van der Waals surface area contributed by atoms with E-state index in [0.29, 0.717) is 43.3 Å². The molecule has 29 heavy (non-hydrogen) atoms. The fourth-order valence-electron chi connectivity index (χ4n) is 4.16. The Morgan fingerprint density at radius 1 is 1.10 bits per heavy atom. The molecule has 8 nitrogen and oxygen atoms in total. The van der Waals surface area contributed by atoms with Crippen LogP contribution in [-0.2, 0) is 0 Å². The lowest BCUT2D eigenvalue weighted by Gasteiger charge is -2.30. The van der Waals surface area contributed by atoms with Gasteiger partial charge in [0.05, 0.1) is 6.54 Å². The van der Waals surface area contributed by atoms with E-state index in [0.717, 1.165) is 25.7 Å². The van der Waals surface area contributed by atoms with Crippen molar-refractivity contribution in [3.63, 3.8) is 0 Å². The molecule has 2 aliphatic rings. The summed E-state index contributed by atoms with van der Waals surface area (Å²) in [6.07, 6.45) is 5.08. The molecule has 2 heterocycles. The first kappa shape index (κ1) is 19.4. The molecule has 2 aromatic rings. The van der Waals surface area contributed by atoms with Gasteiger partial charge in [-0.2, -0.15) is 4.98 Å². The minimum absolute atomic E-state index is 0.0767. The fraction of sp³-hybridized carbons (Fsp3) is 0.524. The zero-order chi connectivity index (χ0) is 20.2. The lowest BCUT2D eigenvalue weighted by molar-refractivity contribution is 0.0639. The van der Waals surface area contributed by atoms with Gasteiger partial charge >= 0.3 is 6.03 Å². The first-order valence-electron chi connectivity index (χ1n) is 10.3. The SMILES string of the molecule is Cc1noc(C2CN(C(=O)NC3CCCC3)CCCN2C(=O)c2ccccc2)n1. The second-order valence-electron chi connectivity index (χ2n) is 7.79. The van der Waals surface area contributed by atoms with Gasteiger partial charge in [-0.05, 0) is 38.3 Å². The van der Waals surface area contributed by atoms with E-state index >= 15 is 0 Å². The summed E-state index contributed by atoms with van der Waals surface area (Å²) in [4.78, 5) is 34.0. The number of amides is 3. The highest BCUT2D eigenvalue weighted by Crippen LogP contribution is 2.26. The van der Waals surface area contributed by atoms with Crippen LogP contribution < -0.4 is 5.32 Å². The third kappa shape index (κ3) is 4.41. The average molecular weight is 397 g/mol. The molecule has 0 spiro atoms. The van der Waals surface area contributed by atoms with Crippen LogP contribution in [0.4, 0.5) is 4.79 Å². The van der Waals surface area contributed by atoms with E-state index in [9.17, 15) is 9.59 Å². The summed E-state index contributed by atoms with van der Waals surface area (Å²) < 4.78 is 5.42. The third-order valence-electron chi connectivity index (χ3n) is 5.68. The highest BCUT2D eigenvalue weighted by Gasteiger charge is 2.35. The third-order valence-corrected chi connectivity index (χ3v) is 5.68. The maximum atomic E-state index is 13.2. The molecule has 3 amide bonds. The Kier molecular flexibility index (Phi) is 5.78. The van der Waals surface area contributed by atoms with Crippen LogP contribution in [0.3, 0.4) is 0 Å². The van der Waals surface area contributed by atoms with Crippen LogP contribution in [0.25, 0.3) is 0 Å². The van der Waals surface area contributed by atoms with Crippen molar-refractivity contribution in [1.29, 1.82) is 0 Å². The van der Waals surface area contributed by atoms with Gasteiger partial charge in [0.1, 0.15) is 6.04 Å². The highest BCUT2D eigenvalue weighted by atomic mass is 16.5. The Balaban J connectivity index is 1.57. The Bertz CT molecular complexity index is 847. The molecular formula is C21H27N5O3. The minimum Gasteiger partial charge on any atom is -0.337 e. The molecule has 0 bridgehead atoms. The van der Waals surface area contributed by atoms with Gasteiger partial charge in [0.25, 0.3) is 11.8 Å². The lowest BCUT2D eigenvalue weighted by Crippen LogP contribution is -2.46. The van der Waals surface area contributed by atoms with Gasteiger partial charge in [-0.25, -0.2) is 4.79 Å². The number of hydrogen-bond donors (Lipinski definition) is 1. The molecule has 1 N–H and O–H groups in total. The summed E-state index contributed by atoms with van der Waals surface area (Å²) in [7, 11) is 0. The number of urea groups is 1. The Labute approximate surface area is 170 Å². The van der Waals surface area contributed by atoms with Gasteiger partial charge < -0.3 is 19.6 Å². The van der Waals surface area contributed by atoms with Crippen molar-refractivity contribution >= 4 is 11.9 Å². The smallest absolute Gasteiger partial charge is 0.317 e. The number of benzene rings is 1. The van der Waals surface area contributed by atoms with Gasteiger partial charge in [-0.1, -0.05) is 36.2 Å². The van der Waals surface area contributed by atoms with Gasteiger partial charge in [0.15, 0.2) is 5.82 Å². The van der Waals surface area contributed by atoms with Gasteiger partial charge in [0.2, 0.25) is 0 Å². The summed E-state index contributed by atoms with van der Waals surface area (Å²) in [5, 5.41) is 7.05. The number of nitrogens with zero attached hydrogens (tertiary/aromatic N) is 4. The average Bonchev–Trinajstić information content (AvgIpc) is 3.34. The zero-order valence-electron chi connectivity index (χ0n) is 16.7. The predicted octanol–water partition coefficient (Wildman–Crippen LogP) is 2.92. The summed E-state index contributed by atoms with van der Waals surface area (Å²) in [5.41, 5.74) is 0.609. The summed E-state index contributed by atoms with van der Waals surface area (Å²) in [6, 6.07) is 8.87. The molecule has 1 aromatic carbocycles. The topological polar surface area (TPSA) is 91.6 Å². The highest BCUT2D eigenvalue weighted by molar-refractivity contribution is 5.94. The van der Waals surface area contributed by atoms with Crippen molar-refractivity contribution in [2.45, 2.75) is 51.1 Å². The number of nitrogens with one attached hydrogen (secondary N) is 1. The molecule has 1 aromatic heterocycles. The number of carbonyl (C=O) groups excluding carboxylic acids is 2. The Morgan fingerprint density at radius 3 is 2.55 bits per heavy atom. The second kappa shape index (κ2) is 8.63. The Morgan fingerprint density at radius 2 is 1.86 bits per heavy atom. The number of hydrogen-bond acceptors (Lipinski definition) is 5. The largest absolute Gasteiger partial charge is 0.337 e. The summed E-state index contributed by atoms with van der Waals surface area (Å²) >= 11 is 0. The van der Waals surface area contributed by atoms with E-state index in [1.807, 2.05) is 18.2 Å². The number of rotatable bonds is 3. The van der Waals surface area contributed by atoms with E-state index in [2.05, 4.69) is 15.5 Å². The zero-order valence-corrected chi connectivity index (χ0v) is 16.7. The van der Waals surface area contributed by atoms with Crippen molar-refractivity contribution in [2.24, 2.45) is 0 Å². The van der Waals surface area contributed by atoms with Crippen LogP contribution in [0.1, 0.15) is 60.2 Å². The summed E-state index contributed by atoms with van der Waals surface area (Å²) in [6.45, 7) is 3.18.